The van der Waals surface area contributed by atoms with E-state index in [1.807, 2.05) is 18.2 Å². The van der Waals surface area contributed by atoms with E-state index in [2.05, 4.69) is 34.4 Å². The predicted octanol–water partition coefficient (Wildman–Crippen LogP) is 3.93. The number of nitrogens with zero attached hydrogens (tertiary/aromatic N) is 2. The van der Waals surface area contributed by atoms with Gasteiger partial charge in [-0.25, -0.2) is 14.4 Å². The normalized spacial score (nSPS) is 15.7. The molecule has 0 bridgehead atoms. The third-order valence-corrected chi connectivity index (χ3v) is 6.01. The first-order chi connectivity index (χ1) is 14.7. The number of aromatic nitrogens is 2. The first-order valence-electron chi connectivity index (χ1n) is 9.84. The van der Waals surface area contributed by atoms with Gasteiger partial charge in [0, 0.05) is 57.6 Å². The van der Waals surface area contributed by atoms with Gasteiger partial charge in [0.25, 0.3) is 5.91 Å². The van der Waals surface area contributed by atoms with E-state index in [9.17, 15) is 13.4 Å². The number of nitrogens with one attached hydrogen (secondary N) is 2. The quantitative estimate of drug-likeness (QED) is 0.631. The molecule has 2 heterocycles. The summed E-state index contributed by atoms with van der Waals surface area (Å²) < 4.78 is 25.4. The third-order valence-electron chi connectivity index (χ3n) is 5.30. The van der Waals surface area contributed by atoms with Gasteiger partial charge in [-0.05, 0) is 42.0 Å². The molecule has 3 aromatic rings. The number of anilines is 2. The van der Waals surface area contributed by atoms with Crippen molar-refractivity contribution in [3.8, 4) is 11.3 Å². The van der Waals surface area contributed by atoms with E-state index < -0.39 is 16.6 Å². The van der Waals surface area contributed by atoms with E-state index in [4.69, 9.17) is 0 Å². The molecule has 1 unspecified atom stereocenters. The highest BCUT2D eigenvalue weighted by molar-refractivity contribution is 7.83. The van der Waals surface area contributed by atoms with Crippen LogP contribution >= 0.6 is 0 Å². The zero-order valence-electron chi connectivity index (χ0n) is 17.5. The van der Waals surface area contributed by atoms with Crippen LogP contribution in [0.5, 0.6) is 0 Å². The van der Waals surface area contributed by atoms with Crippen molar-refractivity contribution in [2.75, 3.05) is 18.1 Å². The SMILES string of the molecule is CS(=O)Cc1cc(Nc2nccc(-c3ccc4c(c3)C(C)(C)CNC4=O)n2)ccc1F. The average Bonchev–Trinajstić information content (AvgIpc) is 2.73. The van der Waals surface area contributed by atoms with Gasteiger partial charge in [-0.1, -0.05) is 19.9 Å². The third kappa shape index (κ3) is 4.49. The molecule has 2 N–H and O–H groups in total. The first kappa shape index (κ1) is 21.1. The second kappa shape index (κ2) is 8.19. The van der Waals surface area contributed by atoms with E-state index in [1.165, 1.54) is 12.3 Å². The zero-order valence-corrected chi connectivity index (χ0v) is 18.3. The van der Waals surface area contributed by atoms with Crippen LogP contribution in [-0.4, -0.2) is 32.9 Å². The number of halogens is 1. The van der Waals surface area contributed by atoms with Gasteiger partial charge in [0.1, 0.15) is 5.82 Å². The van der Waals surface area contributed by atoms with E-state index in [0.29, 0.717) is 35.0 Å². The molecule has 1 atom stereocenters. The lowest BCUT2D eigenvalue weighted by molar-refractivity contribution is 0.0930. The maximum absolute atomic E-state index is 14.0. The second-order valence-electron chi connectivity index (χ2n) is 8.24. The molecule has 1 amide bonds. The Morgan fingerprint density at radius 1 is 1.19 bits per heavy atom. The highest BCUT2D eigenvalue weighted by Gasteiger charge is 2.31. The Hall–Kier alpha value is -3.13. The molecule has 0 saturated heterocycles. The lowest BCUT2D eigenvalue weighted by atomic mass is 9.78. The van der Waals surface area contributed by atoms with Gasteiger partial charge in [0.2, 0.25) is 5.95 Å². The molecule has 1 aliphatic heterocycles. The van der Waals surface area contributed by atoms with Crippen LogP contribution in [0, 0.1) is 5.82 Å². The molecule has 1 aliphatic rings. The Morgan fingerprint density at radius 2 is 2.00 bits per heavy atom. The van der Waals surface area contributed by atoms with Crippen LogP contribution in [0.2, 0.25) is 0 Å². The minimum Gasteiger partial charge on any atom is -0.351 e. The van der Waals surface area contributed by atoms with Gasteiger partial charge < -0.3 is 10.6 Å². The number of carbonyl (C=O) groups excluding carboxylic acids is 1. The minimum atomic E-state index is -1.15. The highest BCUT2D eigenvalue weighted by atomic mass is 32.2. The number of rotatable bonds is 5. The summed E-state index contributed by atoms with van der Waals surface area (Å²) in [6.07, 6.45) is 3.18. The number of fused-ring (bicyclic) bond motifs is 1. The summed E-state index contributed by atoms with van der Waals surface area (Å²) in [6.45, 7) is 4.77. The number of benzene rings is 2. The molecule has 0 saturated carbocycles. The lowest BCUT2D eigenvalue weighted by Crippen LogP contribution is -2.43. The predicted molar refractivity (Wildman–Crippen MR) is 120 cm³/mol. The van der Waals surface area contributed by atoms with Crippen molar-refractivity contribution >= 4 is 28.3 Å². The van der Waals surface area contributed by atoms with Crippen molar-refractivity contribution in [3.63, 3.8) is 0 Å². The largest absolute Gasteiger partial charge is 0.351 e. The summed E-state index contributed by atoms with van der Waals surface area (Å²) in [5, 5.41) is 6.01. The Labute approximate surface area is 182 Å². The van der Waals surface area contributed by atoms with Gasteiger partial charge >= 0.3 is 0 Å². The molecule has 6 nitrogen and oxygen atoms in total. The molecule has 31 heavy (non-hydrogen) atoms. The Morgan fingerprint density at radius 3 is 2.77 bits per heavy atom. The van der Waals surface area contributed by atoms with Crippen molar-refractivity contribution in [2.24, 2.45) is 0 Å². The van der Waals surface area contributed by atoms with Gasteiger partial charge in [0.15, 0.2) is 0 Å². The minimum absolute atomic E-state index is 0.0638. The van der Waals surface area contributed by atoms with Crippen LogP contribution < -0.4 is 10.6 Å². The maximum Gasteiger partial charge on any atom is 0.251 e. The molecule has 0 spiro atoms. The van der Waals surface area contributed by atoms with Gasteiger partial charge in [-0.15, -0.1) is 0 Å². The monoisotopic (exact) mass is 438 g/mol. The standard InChI is InChI=1S/C23H23FN4O2S/c1-23(2)13-26-21(29)17-6-4-14(11-18(17)23)20-8-9-25-22(28-20)27-16-5-7-19(24)15(10-16)12-31(3)30/h4-11H,12-13H2,1-3H3,(H,26,29)(H,25,27,28). The molecular weight excluding hydrogens is 415 g/mol. The van der Waals surface area contributed by atoms with Gasteiger partial charge in [0.05, 0.1) is 11.4 Å². The Kier molecular flexibility index (Phi) is 5.58. The van der Waals surface area contributed by atoms with Crippen LogP contribution in [0.4, 0.5) is 16.0 Å². The number of amides is 1. The van der Waals surface area contributed by atoms with Gasteiger partial charge in [-0.2, -0.15) is 0 Å². The fourth-order valence-corrected chi connectivity index (χ4v) is 4.30. The highest BCUT2D eigenvalue weighted by Crippen LogP contribution is 2.33. The molecule has 8 heteroatoms. The van der Waals surface area contributed by atoms with Crippen molar-refractivity contribution in [3.05, 3.63) is 71.2 Å². The van der Waals surface area contributed by atoms with Crippen molar-refractivity contribution < 1.29 is 13.4 Å². The van der Waals surface area contributed by atoms with Crippen molar-refractivity contribution in [1.29, 1.82) is 0 Å². The average molecular weight is 439 g/mol. The summed E-state index contributed by atoms with van der Waals surface area (Å²) in [5.74, 6) is 0.0466. The van der Waals surface area contributed by atoms with Crippen LogP contribution in [0.15, 0.2) is 48.7 Å². The summed E-state index contributed by atoms with van der Waals surface area (Å²) in [5.41, 5.74) is 4.06. The number of hydrogen-bond acceptors (Lipinski definition) is 5. The number of carbonyl (C=O) groups is 1. The van der Waals surface area contributed by atoms with Crippen LogP contribution in [0.1, 0.15) is 35.3 Å². The number of hydrogen-bond donors (Lipinski definition) is 2. The fourth-order valence-electron chi connectivity index (χ4n) is 3.64. The summed E-state index contributed by atoms with van der Waals surface area (Å²) in [4.78, 5) is 21.1. The van der Waals surface area contributed by atoms with E-state index in [1.54, 1.807) is 24.4 Å². The molecule has 0 radical (unpaired) electrons. The van der Waals surface area contributed by atoms with Crippen LogP contribution in [-0.2, 0) is 22.0 Å². The lowest BCUT2D eigenvalue weighted by Gasteiger charge is -2.32. The van der Waals surface area contributed by atoms with Crippen LogP contribution in [0.25, 0.3) is 11.3 Å². The second-order valence-corrected chi connectivity index (χ2v) is 9.68. The molecule has 1 aromatic heterocycles. The smallest absolute Gasteiger partial charge is 0.251 e. The molecule has 0 aliphatic carbocycles. The zero-order chi connectivity index (χ0) is 22.2. The molecule has 160 valence electrons. The van der Waals surface area contributed by atoms with Crippen molar-refractivity contribution in [1.82, 2.24) is 15.3 Å². The van der Waals surface area contributed by atoms with Gasteiger partial charge in [-0.3, -0.25) is 9.00 Å². The van der Waals surface area contributed by atoms with Crippen LogP contribution in [0.3, 0.4) is 0 Å². The van der Waals surface area contributed by atoms with E-state index in [0.717, 1.165) is 11.1 Å². The Balaban J connectivity index is 1.64. The summed E-state index contributed by atoms with van der Waals surface area (Å²) >= 11 is 0. The molecular formula is C23H23FN4O2S. The van der Waals surface area contributed by atoms with Crippen molar-refractivity contribution in [2.45, 2.75) is 25.0 Å². The first-order valence-corrected chi connectivity index (χ1v) is 11.6. The maximum atomic E-state index is 14.0. The molecule has 0 fully saturated rings. The summed E-state index contributed by atoms with van der Waals surface area (Å²) in [7, 11) is -1.15. The Bertz CT molecular complexity index is 1200. The topological polar surface area (TPSA) is 84.0 Å². The van der Waals surface area contributed by atoms with E-state index in [-0.39, 0.29) is 17.1 Å². The molecule has 4 rings (SSSR count). The fraction of sp³-hybridized carbons (Fsp3) is 0.261. The van der Waals surface area contributed by atoms with E-state index >= 15 is 0 Å². The summed E-state index contributed by atoms with van der Waals surface area (Å²) in [6, 6.07) is 12.1. The molecule has 2 aromatic carbocycles.